The SMILES string of the molecule is [2H]C([2H])([2H])OCCN1CCC(N(C(=O)C([2H])([2H])n2c(SCc3cccc(F)c3F)cc(=O)c3ccccc32)C([2H])(C)c2ccc(-c3ccc(C(F)(F)F)cc3)cc2)CC1. The van der Waals surface area contributed by atoms with Gasteiger partial charge in [0.1, 0.15) is 6.50 Å². The number of para-hydroxylation sites is 1. The van der Waals surface area contributed by atoms with E-state index in [0.717, 1.165) is 40.6 Å². The quantitative estimate of drug-likeness (QED) is 0.0941. The molecule has 278 valence electrons. The van der Waals surface area contributed by atoms with Gasteiger partial charge in [-0.05, 0) is 66.8 Å². The fourth-order valence-corrected chi connectivity index (χ4v) is 7.49. The van der Waals surface area contributed by atoms with Gasteiger partial charge in [0.2, 0.25) is 5.91 Å². The lowest BCUT2D eigenvalue weighted by molar-refractivity contribution is -0.138. The van der Waals surface area contributed by atoms with E-state index in [1.165, 1.54) is 48.2 Å². The van der Waals surface area contributed by atoms with Crippen molar-refractivity contribution in [2.24, 2.45) is 0 Å². The molecule has 0 spiro atoms. The van der Waals surface area contributed by atoms with E-state index >= 15 is 4.79 Å². The lowest BCUT2D eigenvalue weighted by Gasteiger charge is -2.42. The van der Waals surface area contributed by atoms with Crippen LogP contribution in [0.25, 0.3) is 22.0 Å². The van der Waals surface area contributed by atoms with E-state index in [-0.39, 0.29) is 58.8 Å². The number of benzene rings is 4. The van der Waals surface area contributed by atoms with E-state index in [1.807, 2.05) is 4.90 Å². The zero-order chi connectivity index (χ0) is 42.9. The Labute approximate surface area is 317 Å². The molecule has 12 heteroatoms. The third-order valence-corrected chi connectivity index (χ3v) is 10.4. The van der Waals surface area contributed by atoms with Crippen LogP contribution in [0.4, 0.5) is 22.0 Å². The lowest BCUT2D eigenvalue weighted by Crippen LogP contribution is -2.49. The summed E-state index contributed by atoms with van der Waals surface area (Å²) in [5.74, 6) is -3.54. The molecule has 0 N–H and O–H groups in total. The summed E-state index contributed by atoms with van der Waals surface area (Å²) in [5.41, 5.74) is -0.0190. The zero-order valence-electron chi connectivity index (χ0n) is 34.6. The molecule has 2 heterocycles. The van der Waals surface area contributed by atoms with E-state index in [2.05, 4.69) is 0 Å². The highest BCUT2D eigenvalue weighted by atomic mass is 32.2. The number of thioether (sulfide) groups is 1. The van der Waals surface area contributed by atoms with Gasteiger partial charge in [0.15, 0.2) is 17.1 Å². The number of rotatable bonds is 12. The topological polar surface area (TPSA) is 54.8 Å². The second-order valence-corrected chi connectivity index (χ2v) is 13.6. The predicted octanol–water partition coefficient (Wildman–Crippen LogP) is 8.96. The van der Waals surface area contributed by atoms with E-state index in [4.69, 9.17) is 8.85 Å². The molecule has 0 saturated carbocycles. The molecule has 1 atom stereocenters. The summed E-state index contributed by atoms with van der Waals surface area (Å²) in [4.78, 5) is 31.6. The van der Waals surface area contributed by atoms with Crippen molar-refractivity contribution in [2.75, 3.05) is 33.3 Å². The number of carbonyl (C=O) groups excluding carboxylic acids is 1. The van der Waals surface area contributed by atoms with Crippen LogP contribution in [0, 0.1) is 11.6 Å². The maximum Gasteiger partial charge on any atom is 0.416 e. The van der Waals surface area contributed by atoms with Crippen molar-refractivity contribution in [3.8, 4) is 11.1 Å². The Bertz CT molecular complexity index is 2350. The van der Waals surface area contributed by atoms with Gasteiger partial charge in [-0.1, -0.05) is 60.7 Å². The van der Waals surface area contributed by atoms with Gasteiger partial charge < -0.3 is 19.1 Å². The van der Waals surface area contributed by atoms with Gasteiger partial charge in [0.25, 0.3) is 0 Å². The summed E-state index contributed by atoms with van der Waals surface area (Å²) in [6.45, 7) is -0.635. The Morgan fingerprint density at radius 3 is 2.36 bits per heavy atom. The number of carbonyl (C=O) groups is 1. The Morgan fingerprint density at radius 1 is 1.00 bits per heavy atom. The highest BCUT2D eigenvalue weighted by Crippen LogP contribution is 2.34. The van der Waals surface area contributed by atoms with Crippen LogP contribution >= 0.6 is 11.8 Å². The summed E-state index contributed by atoms with van der Waals surface area (Å²) in [6.07, 6.45) is -3.99. The standard InChI is InChI=1S/C41H40F5N3O3S/c1-27(28-10-12-29(13-11-28)30-14-16-32(17-15-30)41(44,45)46)49(33-18-20-47(21-19-33)22-23-52-2)38(51)25-48-36-9-4-3-7-34(36)37(50)24-39(48)53-26-31-6-5-8-35(42)40(31)43/h3-17,24,27,33H,18-23,25-26H2,1-2H3/i2D3,25D2,27D. The lowest BCUT2D eigenvalue weighted by atomic mass is 9.96. The molecule has 0 bridgehead atoms. The Kier molecular flexibility index (Phi) is 9.71. The third kappa shape index (κ3) is 8.83. The van der Waals surface area contributed by atoms with Crippen molar-refractivity contribution in [3.05, 3.63) is 136 Å². The fourth-order valence-electron chi connectivity index (χ4n) is 6.50. The molecule has 53 heavy (non-hydrogen) atoms. The molecule has 1 saturated heterocycles. The Balaban J connectivity index is 1.39. The number of methoxy groups -OCH3 is 1. The van der Waals surface area contributed by atoms with Gasteiger partial charge in [0.05, 0.1) is 37.0 Å². The van der Waals surface area contributed by atoms with Crippen LogP contribution in [0.5, 0.6) is 0 Å². The number of piperidine rings is 1. The zero-order valence-corrected chi connectivity index (χ0v) is 29.4. The number of nitrogens with zero attached hydrogens (tertiary/aromatic N) is 3. The molecule has 1 aliphatic heterocycles. The molecule has 6 nitrogen and oxygen atoms in total. The molecule has 6 rings (SSSR count). The molecule has 1 aromatic heterocycles. The summed E-state index contributed by atoms with van der Waals surface area (Å²) in [7, 11) is -2.57. The number of likely N-dealkylation sites (tertiary alicyclic amines) is 1. The smallest absolute Gasteiger partial charge is 0.383 e. The molecule has 1 fully saturated rings. The van der Waals surface area contributed by atoms with E-state index in [0.29, 0.717) is 24.2 Å². The first-order chi connectivity index (χ1) is 27.7. The first-order valence-corrected chi connectivity index (χ1v) is 17.9. The average molecular weight is 756 g/mol. The van der Waals surface area contributed by atoms with Crippen LogP contribution in [-0.2, 0) is 28.0 Å². The minimum absolute atomic E-state index is 0.0488. The Morgan fingerprint density at radius 2 is 1.68 bits per heavy atom. The molecular formula is C41H40F5N3O3S. The number of ether oxygens (including phenoxy) is 1. The summed E-state index contributed by atoms with van der Waals surface area (Å²) in [6, 6.07) is 19.1. The maximum absolute atomic E-state index is 15.1. The van der Waals surface area contributed by atoms with Gasteiger partial charge >= 0.3 is 6.18 Å². The molecule has 4 aromatic carbocycles. The number of fused-ring (bicyclic) bond motifs is 1. The molecule has 1 unspecified atom stereocenters. The number of hydrogen-bond acceptors (Lipinski definition) is 5. The largest absolute Gasteiger partial charge is 0.416 e. The second-order valence-electron chi connectivity index (χ2n) is 12.6. The highest BCUT2D eigenvalue weighted by molar-refractivity contribution is 7.98. The van der Waals surface area contributed by atoms with Crippen molar-refractivity contribution in [3.63, 3.8) is 0 Å². The van der Waals surface area contributed by atoms with Crippen molar-refractivity contribution in [1.82, 2.24) is 14.4 Å². The van der Waals surface area contributed by atoms with Crippen LogP contribution in [0.3, 0.4) is 0 Å². The molecule has 0 aliphatic carbocycles. The van der Waals surface area contributed by atoms with Crippen LogP contribution in [0.1, 0.15) is 50.7 Å². The van der Waals surface area contributed by atoms with Gasteiger partial charge in [-0.15, -0.1) is 11.8 Å². The average Bonchev–Trinajstić information content (AvgIpc) is 3.18. The number of alkyl halides is 3. The number of aromatic nitrogens is 1. The first kappa shape index (κ1) is 30.9. The summed E-state index contributed by atoms with van der Waals surface area (Å²) in [5, 5.41) is 0.0457. The van der Waals surface area contributed by atoms with Crippen molar-refractivity contribution in [1.29, 1.82) is 0 Å². The van der Waals surface area contributed by atoms with Crippen LogP contribution in [-0.4, -0.2) is 59.6 Å². The third-order valence-electron chi connectivity index (χ3n) is 9.36. The summed E-state index contributed by atoms with van der Waals surface area (Å²) >= 11 is 0.836. The maximum atomic E-state index is 15.1. The fraction of sp³-hybridized carbons (Fsp3) is 0.317. The normalized spacial score (nSPS) is 17.5. The van der Waals surface area contributed by atoms with Crippen LogP contribution in [0.2, 0.25) is 0 Å². The Hall–Kier alpha value is -4.52. The minimum atomic E-state index is -4.52. The molecule has 0 radical (unpaired) electrons. The number of hydrogen-bond donors (Lipinski definition) is 0. The number of halogens is 5. The van der Waals surface area contributed by atoms with E-state index < -0.39 is 60.3 Å². The number of amides is 1. The monoisotopic (exact) mass is 755 g/mol. The molecule has 5 aromatic rings. The van der Waals surface area contributed by atoms with Crippen molar-refractivity contribution in [2.45, 2.75) is 55.3 Å². The van der Waals surface area contributed by atoms with E-state index in [9.17, 15) is 30.9 Å². The molecule has 1 amide bonds. The van der Waals surface area contributed by atoms with Crippen LogP contribution in [0.15, 0.2) is 107 Å². The molecular weight excluding hydrogens is 710 g/mol. The van der Waals surface area contributed by atoms with Gasteiger partial charge in [-0.25, -0.2) is 8.78 Å². The molecule has 1 aliphatic rings. The minimum Gasteiger partial charge on any atom is -0.383 e. The first-order valence-electron chi connectivity index (χ1n) is 19.9. The summed E-state index contributed by atoms with van der Waals surface area (Å²) < 4.78 is 125. The number of pyridine rings is 1. The second kappa shape index (κ2) is 16.7. The van der Waals surface area contributed by atoms with E-state index in [1.54, 1.807) is 36.4 Å². The van der Waals surface area contributed by atoms with Gasteiger partial charge in [-0.3, -0.25) is 9.59 Å². The highest BCUT2D eigenvalue weighted by Gasteiger charge is 2.33. The van der Waals surface area contributed by atoms with Crippen LogP contribution < -0.4 is 5.43 Å². The van der Waals surface area contributed by atoms with Crippen molar-refractivity contribution >= 4 is 28.6 Å². The van der Waals surface area contributed by atoms with Crippen molar-refractivity contribution < 1.29 is 39.7 Å². The predicted molar refractivity (Wildman–Crippen MR) is 198 cm³/mol. The van der Waals surface area contributed by atoms with Gasteiger partial charge in [0, 0.05) is 55.5 Å². The van der Waals surface area contributed by atoms with Gasteiger partial charge in [-0.2, -0.15) is 13.2 Å².